The molecule has 0 radical (unpaired) electrons. The van der Waals surface area contributed by atoms with Gasteiger partial charge in [-0.25, -0.2) is 0 Å². The first-order valence-electron chi connectivity index (χ1n) is 17.4. The van der Waals surface area contributed by atoms with E-state index in [0.717, 1.165) is 17.1 Å². The largest absolute Gasteiger partial charge is 0.310 e. The molecule has 8 aromatic rings. The molecule has 0 N–H and O–H groups in total. The SMILES string of the molecule is CC1(C)c2ccccc2-c2ccc(-c3ccc(N(c4ccccc4)c4ccccc4-c4cccc(-c5cccc6ccccc56)c4)cc3)cc21. The lowest BCUT2D eigenvalue weighted by Crippen LogP contribution is -2.14. The zero-order valence-corrected chi connectivity index (χ0v) is 28.3. The Morgan fingerprint density at radius 2 is 0.940 bits per heavy atom. The lowest BCUT2D eigenvalue weighted by molar-refractivity contribution is 0.660. The third-order valence-electron chi connectivity index (χ3n) is 10.5. The molecule has 0 saturated carbocycles. The number of hydrogen-bond acceptors (Lipinski definition) is 1. The van der Waals surface area contributed by atoms with E-state index in [1.807, 2.05) is 0 Å². The monoisotopic (exact) mass is 639 g/mol. The van der Waals surface area contributed by atoms with Crippen LogP contribution in [0.1, 0.15) is 25.0 Å². The summed E-state index contributed by atoms with van der Waals surface area (Å²) >= 11 is 0. The molecule has 238 valence electrons. The van der Waals surface area contributed by atoms with Crippen LogP contribution in [0.15, 0.2) is 188 Å². The zero-order valence-electron chi connectivity index (χ0n) is 28.3. The van der Waals surface area contributed by atoms with Crippen LogP contribution in [0.4, 0.5) is 17.1 Å². The van der Waals surface area contributed by atoms with Crippen LogP contribution in [0.2, 0.25) is 0 Å². The van der Waals surface area contributed by atoms with Crippen molar-refractivity contribution in [2.24, 2.45) is 0 Å². The molecule has 1 heteroatoms. The van der Waals surface area contributed by atoms with Crippen molar-refractivity contribution in [2.45, 2.75) is 19.3 Å². The molecule has 9 rings (SSSR count). The predicted molar refractivity (Wildman–Crippen MR) is 213 cm³/mol. The molecule has 1 aliphatic rings. The molecule has 0 aromatic heterocycles. The molecule has 0 amide bonds. The number of anilines is 3. The molecule has 0 fully saturated rings. The summed E-state index contributed by atoms with van der Waals surface area (Å²) in [7, 11) is 0. The lowest BCUT2D eigenvalue weighted by atomic mass is 9.81. The highest BCUT2D eigenvalue weighted by atomic mass is 15.1. The van der Waals surface area contributed by atoms with E-state index < -0.39 is 0 Å². The summed E-state index contributed by atoms with van der Waals surface area (Å²) in [6.45, 7) is 4.69. The van der Waals surface area contributed by atoms with E-state index in [9.17, 15) is 0 Å². The molecule has 50 heavy (non-hydrogen) atoms. The second kappa shape index (κ2) is 12.1. The van der Waals surface area contributed by atoms with Crippen LogP contribution in [0.3, 0.4) is 0 Å². The molecular weight excluding hydrogens is 603 g/mol. The normalized spacial score (nSPS) is 12.8. The van der Waals surface area contributed by atoms with Gasteiger partial charge in [0.1, 0.15) is 0 Å². The van der Waals surface area contributed by atoms with E-state index in [1.165, 1.54) is 66.4 Å². The maximum Gasteiger partial charge on any atom is 0.0540 e. The van der Waals surface area contributed by atoms with Gasteiger partial charge in [-0.1, -0.05) is 159 Å². The summed E-state index contributed by atoms with van der Waals surface area (Å²) in [4.78, 5) is 2.38. The Morgan fingerprint density at radius 1 is 0.360 bits per heavy atom. The van der Waals surface area contributed by atoms with Crippen LogP contribution in [0.25, 0.3) is 55.3 Å². The number of benzene rings is 8. The average molecular weight is 640 g/mol. The van der Waals surface area contributed by atoms with Crippen molar-refractivity contribution in [3.8, 4) is 44.5 Å². The standard InChI is InChI=1S/C49H37N/c1-49(2)46-24-10-8-22-44(46)45-31-28-36(33-47(45)49)34-26-29-40(30-27-34)50(39-18-4-3-5-19-39)48-25-11-9-21-43(48)38-17-12-16-37(32-38)42-23-13-15-35-14-6-7-20-41(35)42/h3-33H,1-2H3. The molecule has 0 unspecified atom stereocenters. The van der Waals surface area contributed by atoms with Gasteiger partial charge in [0, 0.05) is 22.4 Å². The maximum absolute atomic E-state index is 2.40. The first kappa shape index (κ1) is 29.9. The molecule has 0 aliphatic heterocycles. The van der Waals surface area contributed by atoms with Gasteiger partial charge in [-0.15, -0.1) is 0 Å². The third-order valence-corrected chi connectivity index (χ3v) is 10.5. The first-order valence-corrected chi connectivity index (χ1v) is 17.4. The topological polar surface area (TPSA) is 3.24 Å². The quantitative estimate of drug-likeness (QED) is 0.175. The first-order chi connectivity index (χ1) is 24.6. The Morgan fingerprint density at radius 3 is 1.78 bits per heavy atom. The number of fused-ring (bicyclic) bond motifs is 4. The molecule has 1 aliphatic carbocycles. The lowest BCUT2D eigenvalue weighted by Gasteiger charge is -2.28. The van der Waals surface area contributed by atoms with Gasteiger partial charge in [0.05, 0.1) is 5.69 Å². The van der Waals surface area contributed by atoms with Crippen LogP contribution in [-0.2, 0) is 5.41 Å². The third kappa shape index (κ3) is 5.02. The minimum Gasteiger partial charge on any atom is -0.310 e. The second-order valence-electron chi connectivity index (χ2n) is 13.8. The summed E-state index contributed by atoms with van der Waals surface area (Å²) in [5, 5.41) is 2.52. The Bertz CT molecular complexity index is 2500. The summed E-state index contributed by atoms with van der Waals surface area (Å²) in [5.74, 6) is 0. The Labute approximate surface area is 294 Å². The minimum absolute atomic E-state index is 0.0272. The zero-order chi connectivity index (χ0) is 33.7. The van der Waals surface area contributed by atoms with E-state index in [4.69, 9.17) is 0 Å². The molecular formula is C49H37N. The molecule has 8 aromatic carbocycles. The van der Waals surface area contributed by atoms with Gasteiger partial charge >= 0.3 is 0 Å². The Kier molecular flexibility index (Phi) is 7.21. The highest BCUT2D eigenvalue weighted by molar-refractivity contribution is 5.98. The smallest absolute Gasteiger partial charge is 0.0540 e. The van der Waals surface area contributed by atoms with E-state index in [1.54, 1.807) is 0 Å². The van der Waals surface area contributed by atoms with Crippen LogP contribution < -0.4 is 4.90 Å². The van der Waals surface area contributed by atoms with Crippen molar-refractivity contribution >= 4 is 27.8 Å². The van der Waals surface area contributed by atoms with Crippen molar-refractivity contribution in [1.82, 2.24) is 0 Å². The van der Waals surface area contributed by atoms with Crippen LogP contribution in [-0.4, -0.2) is 0 Å². The maximum atomic E-state index is 2.40. The van der Waals surface area contributed by atoms with Gasteiger partial charge in [-0.3, -0.25) is 0 Å². The predicted octanol–water partition coefficient (Wildman–Crippen LogP) is 13.6. The number of nitrogens with zero attached hydrogens (tertiary/aromatic N) is 1. The van der Waals surface area contributed by atoms with Gasteiger partial charge in [0.2, 0.25) is 0 Å². The molecule has 1 nitrogen and oxygen atoms in total. The van der Waals surface area contributed by atoms with Gasteiger partial charge in [0.15, 0.2) is 0 Å². The van der Waals surface area contributed by atoms with Crippen LogP contribution in [0, 0.1) is 0 Å². The number of hydrogen-bond donors (Lipinski definition) is 0. The Hall–Kier alpha value is -6.18. The van der Waals surface area contributed by atoms with E-state index in [-0.39, 0.29) is 5.41 Å². The highest BCUT2D eigenvalue weighted by Crippen LogP contribution is 2.50. The van der Waals surface area contributed by atoms with Crippen molar-refractivity contribution in [3.05, 3.63) is 199 Å². The molecule has 0 atom stereocenters. The molecule has 0 saturated heterocycles. The van der Waals surface area contributed by atoms with Gasteiger partial charge in [0.25, 0.3) is 0 Å². The fourth-order valence-corrected chi connectivity index (χ4v) is 7.94. The highest BCUT2D eigenvalue weighted by Gasteiger charge is 2.35. The summed E-state index contributed by atoms with van der Waals surface area (Å²) in [6, 6.07) is 68.5. The molecule has 0 bridgehead atoms. The number of rotatable bonds is 6. The second-order valence-corrected chi connectivity index (χ2v) is 13.8. The van der Waals surface area contributed by atoms with Crippen molar-refractivity contribution in [1.29, 1.82) is 0 Å². The van der Waals surface area contributed by atoms with E-state index in [0.29, 0.717) is 0 Å². The molecule has 0 spiro atoms. The van der Waals surface area contributed by atoms with E-state index in [2.05, 4.69) is 207 Å². The fourth-order valence-electron chi connectivity index (χ4n) is 7.94. The summed E-state index contributed by atoms with van der Waals surface area (Å²) < 4.78 is 0. The minimum atomic E-state index is -0.0272. The van der Waals surface area contributed by atoms with Crippen molar-refractivity contribution in [2.75, 3.05) is 4.90 Å². The van der Waals surface area contributed by atoms with Gasteiger partial charge < -0.3 is 4.90 Å². The Balaban J connectivity index is 1.12. The number of para-hydroxylation sites is 2. The van der Waals surface area contributed by atoms with Gasteiger partial charge in [-0.05, 0) is 103 Å². The summed E-state index contributed by atoms with van der Waals surface area (Å²) in [5.41, 5.74) is 16.1. The van der Waals surface area contributed by atoms with Crippen molar-refractivity contribution < 1.29 is 0 Å². The summed E-state index contributed by atoms with van der Waals surface area (Å²) in [6.07, 6.45) is 0. The van der Waals surface area contributed by atoms with E-state index >= 15 is 0 Å². The van der Waals surface area contributed by atoms with Crippen LogP contribution in [0.5, 0.6) is 0 Å². The average Bonchev–Trinajstić information content (AvgIpc) is 3.41. The fraction of sp³-hybridized carbons (Fsp3) is 0.0612. The van der Waals surface area contributed by atoms with Gasteiger partial charge in [-0.2, -0.15) is 0 Å². The molecule has 0 heterocycles. The van der Waals surface area contributed by atoms with Crippen molar-refractivity contribution in [3.63, 3.8) is 0 Å². The van der Waals surface area contributed by atoms with Crippen LogP contribution >= 0.6 is 0 Å².